The van der Waals surface area contributed by atoms with Gasteiger partial charge in [-0.1, -0.05) is 61.0 Å². The molecule has 0 heterocycles. The summed E-state index contributed by atoms with van der Waals surface area (Å²) < 4.78 is 0. The average molecular weight is 296 g/mol. The second-order valence-electron chi connectivity index (χ2n) is 5.35. The Labute approximate surface area is 130 Å². The number of carboxylic acids is 1. The highest BCUT2D eigenvalue weighted by molar-refractivity contribution is 6.32. The lowest BCUT2D eigenvalue weighted by Crippen LogP contribution is -2.11. The first-order chi connectivity index (χ1) is 10.7. The number of Topliss-reactive ketones (excluding diaryl/α,β-unsaturated/α-hetero) is 1. The average Bonchev–Trinajstić information content (AvgIpc) is 2.55. The van der Waals surface area contributed by atoms with E-state index < -0.39 is 11.8 Å². The Balaban J connectivity index is 1.75. The van der Waals surface area contributed by atoms with Crippen molar-refractivity contribution in [2.45, 2.75) is 32.1 Å². The lowest BCUT2D eigenvalue weighted by molar-refractivity contribution is -0.149. The molecule has 0 atom stereocenters. The third kappa shape index (κ3) is 4.85. The van der Waals surface area contributed by atoms with Crippen LogP contribution in [0, 0.1) is 0 Å². The Morgan fingerprint density at radius 2 is 1.41 bits per heavy atom. The third-order valence-corrected chi connectivity index (χ3v) is 3.67. The van der Waals surface area contributed by atoms with Crippen LogP contribution in [-0.4, -0.2) is 16.9 Å². The maximum atomic E-state index is 10.9. The minimum Gasteiger partial charge on any atom is -0.476 e. The summed E-state index contributed by atoms with van der Waals surface area (Å²) in [4.78, 5) is 21.3. The number of ketones is 1. The van der Waals surface area contributed by atoms with Gasteiger partial charge in [0, 0.05) is 6.42 Å². The van der Waals surface area contributed by atoms with E-state index in [2.05, 4.69) is 36.4 Å². The number of aliphatic carboxylic acids is 1. The zero-order valence-electron chi connectivity index (χ0n) is 12.5. The van der Waals surface area contributed by atoms with E-state index in [1.807, 2.05) is 18.2 Å². The SMILES string of the molecule is O=C(O)C(=O)CCCCCc1ccc(-c2ccccc2)cc1. The number of unbranched alkanes of at least 4 members (excludes halogenated alkanes) is 2. The molecule has 0 bridgehead atoms. The normalized spacial score (nSPS) is 10.4. The molecule has 0 amide bonds. The molecule has 22 heavy (non-hydrogen) atoms. The number of rotatable bonds is 8. The summed E-state index contributed by atoms with van der Waals surface area (Å²) in [5.74, 6) is -2.01. The molecule has 0 saturated heterocycles. The standard InChI is InChI=1S/C19H20O3/c20-18(19(21)22)10-6-1-3-7-15-11-13-17(14-12-15)16-8-4-2-5-9-16/h2,4-5,8-9,11-14H,1,3,6-7,10H2,(H,21,22). The Morgan fingerprint density at radius 3 is 2.05 bits per heavy atom. The fourth-order valence-corrected chi connectivity index (χ4v) is 2.39. The van der Waals surface area contributed by atoms with Crippen molar-refractivity contribution < 1.29 is 14.7 Å². The summed E-state index contributed by atoms with van der Waals surface area (Å²) >= 11 is 0. The quantitative estimate of drug-likeness (QED) is 0.589. The molecular formula is C19H20O3. The van der Waals surface area contributed by atoms with Crippen LogP contribution in [0.3, 0.4) is 0 Å². The van der Waals surface area contributed by atoms with E-state index in [-0.39, 0.29) is 6.42 Å². The second-order valence-corrected chi connectivity index (χ2v) is 5.35. The van der Waals surface area contributed by atoms with E-state index in [9.17, 15) is 9.59 Å². The van der Waals surface area contributed by atoms with Crippen LogP contribution in [0.25, 0.3) is 11.1 Å². The van der Waals surface area contributed by atoms with E-state index in [1.54, 1.807) is 0 Å². The highest BCUT2D eigenvalue weighted by Crippen LogP contribution is 2.20. The maximum Gasteiger partial charge on any atom is 0.372 e. The van der Waals surface area contributed by atoms with Crippen molar-refractivity contribution in [2.24, 2.45) is 0 Å². The molecule has 0 saturated carbocycles. The van der Waals surface area contributed by atoms with Crippen LogP contribution in [0.5, 0.6) is 0 Å². The molecule has 2 aromatic carbocycles. The minimum absolute atomic E-state index is 0.141. The number of aryl methyl sites for hydroxylation is 1. The fraction of sp³-hybridized carbons (Fsp3) is 0.263. The number of benzene rings is 2. The van der Waals surface area contributed by atoms with Crippen molar-refractivity contribution in [1.82, 2.24) is 0 Å². The monoisotopic (exact) mass is 296 g/mol. The van der Waals surface area contributed by atoms with E-state index in [0.29, 0.717) is 6.42 Å². The molecule has 1 N–H and O–H groups in total. The molecule has 0 aliphatic carbocycles. The van der Waals surface area contributed by atoms with Crippen LogP contribution in [-0.2, 0) is 16.0 Å². The van der Waals surface area contributed by atoms with Gasteiger partial charge in [-0.3, -0.25) is 4.79 Å². The molecule has 0 aliphatic heterocycles. The molecule has 0 fully saturated rings. The highest BCUT2D eigenvalue weighted by Gasteiger charge is 2.09. The Morgan fingerprint density at radius 1 is 0.773 bits per heavy atom. The summed E-state index contributed by atoms with van der Waals surface area (Å²) in [5, 5.41) is 8.49. The Kier molecular flexibility index (Phi) is 5.90. The van der Waals surface area contributed by atoms with Crippen molar-refractivity contribution in [1.29, 1.82) is 0 Å². The zero-order valence-corrected chi connectivity index (χ0v) is 12.5. The molecule has 2 aromatic rings. The maximum absolute atomic E-state index is 10.9. The van der Waals surface area contributed by atoms with Gasteiger partial charge in [-0.15, -0.1) is 0 Å². The smallest absolute Gasteiger partial charge is 0.372 e. The number of carbonyl (C=O) groups excluding carboxylic acids is 1. The van der Waals surface area contributed by atoms with Crippen molar-refractivity contribution in [3.8, 4) is 11.1 Å². The van der Waals surface area contributed by atoms with Gasteiger partial charge in [0.2, 0.25) is 5.78 Å². The first-order valence-corrected chi connectivity index (χ1v) is 7.57. The third-order valence-electron chi connectivity index (χ3n) is 3.67. The van der Waals surface area contributed by atoms with Crippen LogP contribution in [0.4, 0.5) is 0 Å². The lowest BCUT2D eigenvalue weighted by Gasteiger charge is -2.04. The topological polar surface area (TPSA) is 54.4 Å². The molecule has 3 nitrogen and oxygen atoms in total. The first-order valence-electron chi connectivity index (χ1n) is 7.57. The van der Waals surface area contributed by atoms with E-state index in [4.69, 9.17) is 5.11 Å². The molecular weight excluding hydrogens is 276 g/mol. The lowest BCUT2D eigenvalue weighted by atomic mass is 10.0. The summed E-state index contributed by atoms with van der Waals surface area (Å²) in [6.45, 7) is 0. The predicted molar refractivity (Wildman–Crippen MR) is 86.7 cm³/mol. The number of hydrogen-bond donors (Lipinski definition) is 1. The van der Waals surface area contributed by atoms with Gasteiger partial charge < -0.3 is 5.11 Å². The highest BCUT2D eigenvalue weighted by atomic mass is 16.4. The minimum atomic E-state index is -1.32. The van der Waals surface area contributed by atoms with Crippen LogP contribution in [0.2, 0.25) is 0 Å². The summed E-state index contributed by atoms with van der Waals surface area (Å²) in [6.07, 6.45) is 3.59. The molecule has 3 heteroatoms. The molecule has 0 spiro atoms. The van der Waals surface area contributed by atoms with E-state index in [1.165, 1.54) is 16.7 Å². The van der Waals surface area contributed by atoms with Gasteiger partial charge in [-0.25, -0.2) is 4.79 Å². The van der Waals surface area contributed by atoms with Crippen molar-refractivity contribution in [3.63, 3.8) is 0 Å². The van der Waals surface area contributed by atoms with Crippen LogP contribution in [0.1, 0.15) is 31.2 Å². The van der Waals surface area contributed by atoms with Gasteiger partial charge in [0.05, 0.1) is 0 Å². The Hall–Kier alpha value is -2.42. The zero-order chi connectivity index (χ0) is 15.8. The molecule has 0 radical (unpaired) electrons. The summed E-state index contributed by atoms with van der Waals surface area (Å²) in [6, 6.07) is 18.8. The van der Waals surface area contributed by atoms with Crippen LogP contribution in [0.15, 0.2) is 54.6 Å². The number of carboxylic acid groups (broad SMARTS) is 1. The van der Waals surface area contributed by atoms with E-state index in [0.717, 1.165) is 19.3 Å². The number of hydrogen-bond acceptors (Lipinski definition) is 2. The predicted octanol–water partition coefficient (Wildman–Crippen LogP) is 4.11. The van der Waals surface area contributed by atoms with Crippen molar-refractivity contribution in [3.05, 3.63) is 60.2 Å². The summed E-state index contributed by atoms with van der Waals surface area (Å²) in [7, 11) is 0. The fourth-order valence-electron chi connectivity index (χ4n) is 2.39. The van der Waals surface area contributed by atoms with Gasteiger partial charge in [-0.05, 0) is 36.0 Å². The van der Waals surface area contributed by atoms with Crippen molar-refractivity contribution in [2.75, 3.05) is 0 Å². The van der Waals surface area contributed by atoms with Crippen molar-refractivity contribution >= 4 is 11.8 Å². The first kappa shape index (κ1) is 16.0. The van der Waals surface area contributed by atoms with Gasteiger partial charge in [0.25, 0.3) is 0 Å². The van der Waals surface area contributed by atoms with Gasteiger partial charge in [0.1, 0.15) is 0 Å². The van der Waals surface area contributed by atoms with Crippen LogP contribution >= 0.6 is 0 Å². The second kappa shape index (κ2) is 8.13. The Bertz CT molecular complexity index is 615. The molecule has 0 aromatic heterocycles. The molecule has 0 unspecified atom stereocenters. The molecule has 0 aliphatic rings. The van der Waals surface area contributed by atoms with Gasteiger partial charge in [-0.2, -0.15) is 0 Å². The van der Waals surface area contributed by atoms with Crippen LogP contribution < -0.4 is 0 Å². The molecule has 114 valence electrons. The van der Waals surface area contributed by atoms with E-state index >= 15 is 0 Å². The summed E-state index contributed by atoms with van der Waals surface area (Å²) in [5.41, 5.74) is 3.68. The molecule has 2 rings (SSSR count). The number of carbonyl (C=O) groups is 2. The van der Waals surface area contributed by atoms with Gasteiger partial charge in [0.15, 0.2) is 0 Å². The largest absolute Gasteiger partial charge is 0.476 e. The van der Waals surface area contributed by atoms with Gasteiger partial charge >= 0.3 is 5.97 Å².